The van der Waals surface area contributed by atoms with Gasteiger partial charge in [0.1, 0.15) is 0 Å². The van der Waals surface area contributed by atoms with Crippen LogP contribution in [0, 0.1) is 0 Å². The lowest BCUT2D eigenvalue weighted by Gasteiger charge is -2.29. The lowest BCUT2D eigenvalue weighted by molar-refractivity contribution is 0.0599. The largest absolute Gasteiger partial charge is 0.465 e. The molecule has 0 aliphatic carbocycles. The van der Waals surface area contributed by atoms with E-state index in [1.54, 1.807) is 17.0 Å². The molecule has 0 saturated heterocycles. The maximum atomic E-state index is 13.1. The van der Waals surface area contributed by atoms with Crippen LogP contribution in [0.15, 0.2) is 54.7 Å². The fourth-order valence-electron chi connectivity index (χ4n) is 3.32. The van der Waals surface area contributed by atoms with Gasteiger partial charge in [-0.25, -0.2) is 4.79 Å². The second-order valence-corrected chi connectivity index (χ2v) is 6.21. The number of fused-ring (bicyclic) bond motifs is 1. The molecule has 2 heterocycles. The Labute approximate surface area is 156 Å². The molecule has 0 fully saturated rings. The van der Waals surface area contributed by atoms with E-state index in [0.29, 0.717) is 12.1 Å². The predicted octanol–water partition coefficient (Wildman–Crippen LogP) is 2.65. The summed E-state index contributed by atoms with van der Waals surface area (Å²) in [6.07, 6.45) is 2.95. The van der Waals surface area contributed by atoms with Crippen LogP contribution >= 0.6 is 0 Å². The maximum absolute atomic E-state index is 13.1. The molecule has 1 amide bonds. The number of anilines is 1. The summed E-state index contributed by atoms with van der Waals surface area (Å²) >= 11 is 0. The minimum Gasteiger partial charge on any atom is -0.465 e. The number of aromatic nitrogens is 3. The molecular formula is C20H18N4O3. The van der Waals surface area contributed by atoms with E-state index in [9.17, 15) is 9.59 Å². The Bertz CT molecular complexity index is 997. The number of ether oxygens (including phenoxy) is 1. The first-order chi connectivity index (χ1) is 13.2. The second kappa shape index (κ2) is 7.03. The van der Waals surface area contributed by atoms with Crippen LogP contribution in [0.3, 0.4) is 0 Å². The van der Waals surface area contributed by atoms with Crippen LogP contribution in [-0.4, -0.2) is 40.5 Å². The van der Waals surface area contributed by atoms with Crippen LogP contribution in [0.2, 0.25) is 0 Å². The van der Waals surface area contributed by atoms with Gasteiger partial charge in [0.25, 0.3) is 5.91 Å². The van der Waals surface area contributed by atoms with Gasteiger partial charge >= 0.3 is 5.97 Å². The predicted molar refractivity (Wildman–Crippen MR) is 99.1 cm³/mol. The van der Waals surface area contributed by atoms with Crippen molar-refractivity contribution in [1.82, 2.24) is 15.0 Å². The molecule has 0 saturated carbocycles. The number of para-hydroxylation sites is 1. The van der Waals surface area contributed by atoms with Crippen molar-refractivity contribution in [1.29, 1.82) is 0 Å². The SMILES string of the molecule is COC(=O)c1cccc2c1CCCN2C(=O)c1cnn(-c2ccccc2)n1. The third-order valence-corrected chi connectivity index (χ3v) is 4.60. The summed E-state index contributed by atoms with van der Waals surface area (Å²) in [7, 11) is 1.36. The first-order valence-electron chi connectivity index (χ1n) is 8.69. The number of carbonyl (C=O) groups is 2. The molecule has 0 N–H and O–H groups in total. The van der Waals surface area contributed by atoms with Crippen molar-refractivity contribution in [3.05, 3.63) is 71.5 Å². The molecule has 0 spiro atoms. The summed E-state index contributed by atoms with van der Waals surface area (Å²) in [5, 5.41) is 8.53. The van der Waals surface area contributed by atoms with Crippen molar-refractivity contribution in [3.63, 3.8) is 0 Å². The van der Waals surface area contributed by atoms with Crippen LogP contribution < -0.4 is 4.90 Å². The van der Waals surface area contributed by atoms with Crippen molar-refractivity contribution >= 4 is 17.6 Å². The van der Waals surface area contributed by atoms with Gasteiger partial charge in [-0.1, -0.05) is 24.3 Å². The highest BCUT2D eigenvalue weighted by Gasteiger charge is 2.28. The van der Waals surface area contributed by atoms with Gasteiger partial charge in [-0.2, -0.15) is 9.90 Å². The molecule has 1 aliphatic heterocycles. The molecule has 0 unspecified atom stereocenters. The minimum absolute atomic E-state index is 0.236. The van der Waals surface area contributed by atoms with Crippen LogP contribution in [0.4, 0.5) is 5.69 Å². The summed E-state index contributed by atoms with van der Waals surface area (Å²) in [4.78, 5) is 28.2. The highest BCUT2D eigenvalue weighted by atomic mass is 16.5. The van der Waals surface area contributed by atoms with Gasteiger partial charge in [-0.3, -0.25) is 4.79 Å². The first kappa shape index (κ1) is 17.0. The van der Waals surface area contributed by atoms with Gasteiger partial charge in [0.15, 0.2) is 5.69 Å². The molecule has 0 atom stereocenters. The molecule has 2 aromatic carbocycles. The average molecular weight is 362 g/mol. The van der Waals surface area contributed by atoms with Gasteiger partial charge in [0, 0.05) is 12.2 Å². The molecule has 1 aliphatic rings. The Balaban J connectivity index is 1.67. The molecule has 7 nitrogen and oxygen atoms in total. The Kier molecular flexibility index (Phi) is 4.42. The number of methoxy groups -OCH3 is 1. The minimum atomic E-state index is -0.392. The highest BCUT2D eigenvalue weighted by Crippen LogP contribution is 2.31. The number of benzene rings is 2. The fourth-order valence-corrected chi connectivity index (χ4v) is 3.32. The van der Waals surface area contributed by atoms with E-state index < -0.39 is 5.97 Å². The molecule has 0 radical (unpaired) electrons. The molecule has 3 aromatic rings. The molecule has 7 heteroatoms. The topological polar surface area (TPSA) is 77.3 Å². The van der Waals surface area contributed by atoms with Crippen LogP contribution in [-0.2, 0) is 11.2 Å². The molecule has 0 bridgehead atoms. The Morgan fingerprint density at radius 3 is 2.67 bits per heavy atom. The molecule has 136 valence electrons. The summed E-state index contributed by atoms with van der Waals surface area (Å²) in [5.41, 5.74) is 3.10. The van der Waals surface area contributed by atoms with Crippen molar-refractivity contribution in [2.75, 3.05) is 18.6 Å². The molecule has 27 heavy (non-hydrogen) atoms. The number of amides is 1. The van der Waals surface area contributed by atoms with Gasteiger partial charge in [-0.05, 0) is 42.7 Å². The lowest BCUT2D eigenvalue weighted by atomic mass is 9.96. The zero-order valence-corrected chi connectivity index (χ0v) is 14.8. The van der Waals surface area contributed by atoms with E-state index >= 15 is 0 Å². The normalized spacial score (nSPS) is 13.1. The summed E-state index contributed by atoms with van der Waals surface area (Å²) in [5.74, 6) is -0.628. The van der Waals surface area contributed by atoms with Crippen molar-refractivity contribution in [3.8, 4) is 5.69 Å². The van der Waals surface area contributed by atoms with E-state index in [0.717, 1.165) is 29.8 Å². The smallest absolute Gasteiger partial charge is 0.338 e. The Morgan fingerprint density at radius 1 is 1.07 bits per heavy atom. The lowest BCUT2D eigenvalue weighted by Crippen LogP contribution is -2.36. The van der Waals surface area contributed by atoms with Crippen molar-refractivity contribution < 1.29 is 14.3 Å². The van der Waals surface area contributed by atoms with E-state index in [1.165, 1.54) is 18.1 Å². The maximum Gasteiger partial charge on any atom is 0.338 e. The standard InChI is InChI=1S/C20H18N4O3/c1-27-20(26)16-9-5-11-18-15(16)10-6-12-23(18)19(25)17-13-21-24(22-17)14-7-3-2-4-8-14/h2-5,7-9,11,13H,6,10,12H2,1H3. The Hall–Kier alpha value is -3.48. The third-order valence-electron chi connectivity index (χ3n) is 4.60. The van der Waals surface area contributed by atoms with Crippen LogP contribution in [0.5, 0.6) is 0 Å². The monoisotopic (exact) mass is 362 g/mol. The average Bonchev–Trinajstić information content (AvgIpc) is 3.22. The van der Waals surface area contributed by atoms with E-state index in [4.69, 9.17) is 4.74 Å². The molecular weight excluding hydrogens is 344 g/mol. The van der Waals surface area contributed by atoms with E-state index in [1.807, 2.05) is 36.4 Å². The number of nitrogens with zero attached hydrogens (tertiary/aromatic N) is 4. The van der Waals surface area contributed by atoms with Crippen molar-refractivity contribution in [2.45, 2.75) is 12.8 Å². The quantitative estimate of drug-likeness (QED) is 0.670. The van der Waals surface area contributed by atoms with Crippen LogP contribution in [0.25, 0.3) is 5.69 Å². The first-order valence-corrected chi connectivity index (χ1v) is 8.69. The summed E-state index contributed by atoms with van der Waals surface area (Å²) in [6.45, 7) is 0.564. The number of hydrogen-bond donors (Lipinski definition) is 0. The summed E-state index contributed by atoms with van der Waals surface area (Å²) in [6, 6.07) is 14.7. The fraction of sp³-hybridized carbons (Fsp3) is 0.200. The number of rotatable bonds is 3. The van der Waals surface area contributed by atoms with Gasteiger partial charge in [0.05, 0.1) is 24.6 Å². The number of esters is 1. The number of hydrogen-bond acceptors (Lipinski definition) is 5. The number of carbonyl (C=O) groups excluding carboxylic acids is 2. The van der Waals surface area contributed by atoms with Gasteiger partial charge in [-0.15, -0.1) is 5.10 Å². The highest BCUT2D eigenvalue weighted by molar-refractivity contribution is 6.06. The van der Waals surface area contributed by atoms with Gasteiger partial charge < -0.3 is 9.64 Å². The van der Waals surface area contributed by atoms with Crippen LogP contribution in [0.1, 0.15) is 32.8 Å². The second-order valence-electron chi connectivity index (χ2n) is 6.21. The Morgan fingerprint density at radius 2 is 1.89 bits per heavy atom. The third kappa shape index (κ3) is 3.08. The molecule has 4 rings (SSSR count). The van der Waals surface area contributed by atoms with Gasteiger partial charge in [0.2, 0.25) is 0 Å². The molecule has 1 aromatic heterocycles. The zero-order valence-electron chi connectivity index (χ0n) is 14.8. The van der Waals surface area contributed by atoms with Crippen molar-refractivity contribution in [2.24, 2.45) is 0 Å². The van der Waals surface area contributed by atoms with E-state index in [-0.39, 0.29) is 11.6 Å². The summed E-state index contributed by atoms with van der Waals surface area (Å²) < 4.78 is 4.87. The zero-order chi connectivity index (χ0) is 18.8. The van der Waals surface area contributed by atoms with E-state index in [2.05, 4.69) is 10.2 Å².